The van der Waals surface area contributed by atoms with Crippen LogP contribution in [0, 0.1) is 13.0 Å². The van der Waals surface area contributed by atoms with Crippen molar-refractivity contribution in [1.29, 1.82) is 0 Å². The minimum atomic E-state index is 0. The van der Waals surface area contributed by atoms with Crippen molar-refractivity contribution in [2.75, 3.05) is 7.11 Å². The van der Waals surface area contributed by atoms with Gasteiger partial charge < -0.3 is 9.30 Å². The third kappa shape index (κ3) is 1.52. The molecule has 1 heterocycles. The molecule has 3 nitrogen and oxygen atoms in total. The van der Waals surface area contributed by atoms with E-state index in [0.29, 0.717) is 0 Å². The SMILES string of the molecule is COc1[c-]c2c3c(cccc3c1)-c1c-2nc(C)n1C.[Ir]. The second kappa shape index (κ2) is 4.44. The van der Waals surface area contributed by atoms with Crippen LogP contribution >= 0.6 is 0 Å². The molecule has 0 N–H and O–H groups in total. The summed E-state index contributed by atoms with van der Waals surface area (Å²) in [6, 6.07) is 11.7. The van der Waals surface area contributed by atoms with E-state index in [1.807, 2.05) is 13.0 Å². The molecule has 2 aromatic carbocycles. The zero-order chi connectivity index (χ0) is 13.1. The van der Waals surface area contributed by atoms with Crippen molar-refractivity contribution in [1.82, 2.24) is 9.55 Å². The maximum absolute atomic E-state index is 5.35. The fourth-order valence-electron chi connectivity index (χ4n) is 2.91. The van der Waals surface area contributed by atoms with Crippen LogP contribution < -0.4 is 4.74 Å². The second-order valence-electron chi connectivity index (χ2n) is 4.90. The van der Waals surface area contributed by atoms with Gasteiger partial charge in [-0.05, 0) is 12.5 Å². The van der Waals surface area contributed by atoms with Gasteiger partial charge in [-0.25, -0.2) is 0 Å². The van der Waals surface area contributed by atoms with Crippen molar-refractivity contribution in [2.24, 2.45) is 7.05 Å². The molecule has 1 radical (unpaired) electrons. The van der Waals surface area contributed by atoms with Gasteiger partial charge in [-0.1, -0.05) is 41.1 Å². The Labute approximate surface area is 130 Å². The number of fused-ring (bicyclic) bond motifs is 3. The second-order valence-corrected chi connectivity index (χ2v) is 4.90. The van der Waals surface area contributed by atoms with Crippen molar-refractivity contribution >= 4 is 10.8 Å². The summed E-state index contributed by atoms with van der Waals surface area (Å²) in [7, 11) is 3.73. The molecule has 0 spiro atoms. The Morgan fingerprint density at radius 2 is 2.10 bits per heavy atom. The standard InChI is InChI=1S/C16H13N2O.Ir/c1-9-17-15-13-8-11(19-3)7-10-5-4-6-12(14(10)13)16(15)18(9)2;/h4-7H,1-3H3;/q-1;. The number of ether oxygens (including phenoxy) is 1. The van der Waals surface area contributed by atoms with Crippen LogP contribution in [0.2, 0.25) is 0 Å². The fourth-order valence-corrected chi connectivity index (χ4v) is 2.91. The third-order valence-electron chi connectivity index (χ3n) is 3.91. The molecule has 0 unspecified atom stereocenters. The number of rotatable bonds is 1. The number of aromatic nitrogens is 2. The Morgan fingerprint density at radius 3 is 2.85 bits per heavy atom. The zero-order valence-electron chi connectivity index (χ0n) is 11.4. The molecule has 0 atom stereocenters. The Kier molecular flexibility index (Phi) is 2.96. The zero-order valence-corrected chi connectivity index (χ0v) is 13.8. The topological polar surface area (TPSA) is 27.1 Å². The number of methoxy groups -OCH3 is 1. The predicted molar refractivity (Wildman–Crippen MR) is 75.3 cm³/mol. The molecule has 0 amide bonds. The first kappa shape index (κ1) is 13.3. The van der Waals surface area contributed by atoms with Gasteiger partial charge in [-0.3, -0.25) is 4.98 Å². The Bertz CT molecular complexity index is 836. The number of hydrogen-bond donors (Lipinski definition) is 0. The summed E-state index contributed by atoms with van der Waals surface area (Å²) in [6.45, 7) is 2.03. The molecule has 1 aliphatic rings. The maximum atomic E-state index is 5.35. The van der Waals surface area contributed by atoms with E-state index in [2.05, 4.69) is 40.9 Å². The summed E-state index contributed by atoms with van der Waals surface area (Å²) < 4.78 is 7.49. The van der Waals surface area contributed by atoms with Gasteiger partial charge in [0.2, 0.25) is 0 Å². The number of imidazole rings is 1. The molecular formula is C16H13IrN2O-. The van der Waals surface area contributed by atoms with Crippen LogP contribution in [0.25, 0.3) is 33.3 Å². The first-order valence-corrected chi connectivity index (χ1v) is 6.28. The van der Waals surface area contributed by atoms with E-state index in [9.17, 15) is 0 Å². The van der Waals surface area contributed by atoms with Crippen LogP contribution in [0.1, 0.15) is 5.82 Å². The largest absolute Gasteiger partial charge is 0.516 e. The minimum Gasteiger partial charge on any atom is -0.516 e. The molecule has 0 fully saturated rings. The first-order valence-electron chi connectivity index (χ1n) is 6.28. The van der Waals surface area contributed by atoms with E-state index in [1.165, 1.54) is 22.0 Å². The van der Waals surface area contributed by atoms with Crippen LogP contribution in [0.3, 0.4) is 0 Å². The van der Waals surface area contributed by atoms with Crippen molar-refractivity contribution in [2.45, 2.75) is 6.92 Å². The minimum absolute atomic E-state index is 0. The van der Waals surface area contributed by atoms with Crippen molar-refractivity contribution < 1.29 is 24.8 Å². The molecular weight excluding hydrogens is 428 g/mol. The number of aryl methyl sites for hydroxylation is 1. The van der Waals surface area contributed by atoms with E-state index in [1.54, 1.807) is 7.11 Å². The summed E-state index contributed by atoms with van der Waals surface area (Å²) in [5, 5.41) is 2.41. The molecule has 3 aromatic rings. The molecule has 103 valence electrons. The van der Waals surface area contributed by atoms with Crippen molar-refractivity contribution in [3.8, 4) is 28.3 Å². The van der Waals surface area contributed by atoms with E-state index in [-0.39, 0.29) is 20.1 Å². The van der Waals surface area contributed by atoms with E-state index in [4.69, 9.17) is 4.74 Å². The van der Waals surface area contributed by atoms with Gasteiger partial charge in [0.05, 0.1) is 12.9 Å². The molecule has 4 rings (SSSR count). The van der Waals surface area contributed by atoms with Gasteiger partial charge >= 0.3 is 0 Å². The van der Waals surface area contributed by atoms with Crippen LogP contribution in [0.15, 0.2) is 24.3 Å². The molecule has 0 aliphatic heterocycles. The monoisotopic (exact) mass is 442 g/mol. The molecule has 20 heavy (non-hydrogen) atoms. The third-order valence-corrected chi connectivity index (χ3v) is 3.91. The molecule has 4 heteroatoms. The van der Waals surface area contributed by atoms with Gasteiger partial charge in [-0.15, -0.1) is 5.56 Å². The quantitative estimate of drug-likeness (QED) is 0.424. The Balaban J connectivity index is 0.00000121. The molecule has 1 aromatic heterocycles. The van der Waals surface area contributed by atoms with Gasteiger partial charge in [-0.2, -0.15) is 0 Å². The summed E-state index contributed by atoms with van der Waals surface area (Å²) in [6.07, 6.45) is 0. The van der Waals surface area contributed by atoms with Crippen LogP contribution in [0.4, 0.5) is 0 Å². The smallest absolute Gasteiger partial charge is 0.0949 e. The fraction of sp³-hybridized carbons (Fsp3) is 0.188. The van der Waals surface area contributed by atoms with Gasteiger partial charge in [0.15, 0.2) is 0 Å². The van der Waals surface area contributed by atoms with Crippen LogP contribution in [-0.2, 0) is 27.2 Å². The normalized spacial score (nSPS) is 11.3. The van der Waals surface area contributed by atoms with Crippen LogP contribution in [0.5, 0.6) is 5.75 Å². The predicted octanol–water partition coefficient (Wildman–Crippen LogP) is 3.34. The van der Waals surface area contributed by atoms with Gasteiger partial charge in [0, 0.05) is 44.3 Å². The van der Waals surface area contributed by atoms with E-state index < -0.39 is 0 Å². The summed E-state index contributed by atoms with van der Waals surface area (Å²) in [5.74, 6) is 1.78. The maximum Gasteiger partial charge on any atom is 0.0949 e. The first-order chi connectivity index (χ1) is 9.20. The molecule has 0 saturated carbocycles. The molecule has 0 bridgehead atoms. The number of hydrogen-bond acceptors (Lipinski definition) is 2. The Morgan fingerprint density at radius 1 is 1.30 bits per heavy atom. The van der Waals surface area contributed by atoms with Crippen molar-refractivity contribution in [3.05, 3.63) is 36.2 Å². The molecule has 1 aliphatic carbocycles. The average molecular weight is 442 g/mol. The van der Waals surface area contributed by atoms with Crippen molar-refractivity contribution in [3.63, 3.8) is 0 Å². The molecule has 0 saturated heterocycles. The number of benzene rings is 2. The summed E-state index contributed by atoms with van der Waals surface area (Å²) in [4.78, 5) is 4.68. The Hall–Kier alpha value is -1.64. The summed E-state index contributed by atoms with van der Waals surface area (Å²) >= 11 is 0. The van der Waals surface area contributed by atoms with E-state index in [0.717, 1.165) is 22.8 Å². The van der Waals surface area contributed by atoms with Gasteiger partial charge in [0.1, 0.15) is 0 Å². The van der Waals surface area contributed by atoms with Gasteiger partial charge in [0.25, 0.3) is 0 Å². The summed E-state index contributed by atoms with van der Waals surface area (Å²) in [5.41, 5.74) is 4.50. The van der Waals surface area contributed by atoms with Crippen LogP contribution in [-0.4, -0.2) is 16.7 Å². The number of nitrogens with zero attached hydrogens (tertiary/aromatic N) is 2. The average Bonchev–Trinajstić information content (AvgIpc) is 2.89. The van der Waals surface area contributed by atoms with E-state index >= 15 is 0 Å².